The zero-order valence-corrected chi connectivity index (χ0v) is 18.6. The maximum absolute atomic E-state index is 12.8. The number of ether oxygens (including phenoxy) is 2. The summed E-state index contributed by atoms with van der Waals surface area (Å²) in [5, 5.41) is 2.92. The number of carbonyl (C=O) groups is 2. The normalized spacial score (nSPS) is 10.7. The maximum Gasteiger partial charge on any atom is 0.251 e. The van der Waals surface area contributed by atoms with Gasteiger partial charge in [-0.1, -0.05) is 42.5 Å². The van der Waals surface area contributed by atoms with Crippen molar-refractivity contribution < 1.29 is 19.1 Å². The first-order valence-corrected chi connectivity index (χ1v) is 10.6. The molecule has 0 aliphatic carbocycles. The van der Waals surface area contributed by atoms with Crippen molar-refractivity contribution in [2.24, 2.45) is 0 Å². The molecular formula is C26H25N3O4. The minimum Gasteiger partial charge on any atom is -0.493 e. The van der Waals surface area contributed by atoms with E-state index in [-0.39, 0.29) is 18.2 Å². The average molecular weight is 444 g/mol. The third-order valence-corrected chi connectivity index (χ3v) is 5.41. The molecule has 0 aliphatic rings. The van der Waals surface area contributed by atoms with E-state index in [1.165, 1.54) is 7.11 Å². The van der Waals surface area contributed by atoms with Gasteiger partial charge in [0, 0.05) is 24.1 Å². The van der Waals surface area contributed by atoms with Gasteiger partial charge in [-0.3, -0.25) is 9.59 Å². The topological polar surface area (TPSA) is 82.5 Å². The van der Waals surface area contributed by atoms with Crippen LogP contribution < -0.4 is 14.8 Å². The molecule has 4 aromatic rings. The molecule has 1 heterocycles. The van der Waals surface area contributed by atoms with Gasteiger partial charge in [0.2, 0.25) is 0 Å². The van der Waals surface area contributed by atoms with Crippen molar-refractivity contribution in [3.63, 3.8) is 0 Å². The molecule has 1 aromatic heterocycles. The van der Waals surface area contributed by atoms with Crippen molar-refractivity contribution in [3.8, 4) is 11.5 Å². The van der Waals surface area contributed by atoms with E-state index < -0.39 is 0 Å². The predicted octanol–water partition coefficient (Wildman–Crippen LogP) is 3.91. The van der Waals surface area contributed by atoms with Crippen LogP contribution in [0.25, 0.3) is 11.0 Å². The lowest BCUT2D eigenvalue weighted by atomic mass is 10.1. The highest BCUT2D eigenvalue weighted by molar-refractivity contribution is 5.97. The highest BCUT2D eigenvalue weighted by Crippen LogP contribution is 2.27. The quantitative estimate of drug-likeness (QED) is 0.397. The Morgan fingerprint density at radius 3 is 2.36 bits per heavy atom. The molecule has 4 rings (SSSR count). The summed E-state index contributed by atoms with van der Waals surface area (Å²) in [6.07, 6.45) is 0.482. The van der Waals surface area contributed by atoms with Gasteiger partial charge in [-0.2, -0.15) is 0 Å². The van der Waals surface area contributed by atoms with Crippen LogP contribution in [0.1, 0.15) is 26.5 Å². The molecule has 0 unspecified atom stereocenters. The van der Waals surface area contributed by atoms with Crippen molar-refractivity contribution in [1.82, 2.24) is 14.9 Å². The van der Waals surface area contributed by atoms with Crippen LogP contribution in [0.2, 0.25) is 0 Å². The highest BCUT2D eigenvalue weighted by atomic mass is 16.5. The summed E-state index contributed by atoms with van der Waals surface area (Å²) in [7, 11) is 3.08. The Bertz CT molecular complexity index is 1280. The number of nitrogens with zero attached hydrogens (tertiary/aromatic N) is 2. The third-order valence-electron chi connectivity index (χ3n) is 5.41. The van der Waals surface area contributed by atoms with E-state index >= 15 is 0 Å². The number of aromatic nitrogens is 2. The Labute approximate surface area is 192 Å². The number of hydrogen-bond donors (Lipinski definition) is 1. The molecule has 7 nitrogen and oxygen atoms in total. The number of hydrogen-bond acceptors (Lipinski definition) is 5. The van der Waals surface area contributed by atoms with E-state index in [0.29, 0.717) is 35.6 Å². The number of Topliss-reactive ketones (excluding diaryl/α,β-unsaturated/α-hetero) is 1. The van der Waals surface area contributed by atoms with E-state index in [1.807, 2.05) is 59.2 Å². The number of nitrogens with one attached hydrogen (secondary N) is 1. The molecule has 0 bridgehead atoms. The van der Waals surface area contributed by atoms with Gasteiger partial charge in [-0.05, 0) is 30.3 Å². The number of amides is 1. The molecule has 3 aromatic carbocycles. The Morgan fingerprint density at radius 2 is 1.61 bits per heavy atom. The zero-order chi connectivity index (χ0) is 23.2. The van der Waals surface area contributed by atoms with Crippen molar-refractivity contribution in [1.29, 1.82) is 0 Å². The van der Waals surface area contributed by atoms with Crippen LogP contribution in [-0.4, -0.2) is 42.0 Å². The Kier molecular flexibility index (Phi) is 6.69. The molecule has 0 radical (unpaired) electrons. The van der Waals surface area contributed by atoms with Crippen molar-refractivity contribution >= 4 is 22.7 Å². The van der Waals surface area contributed by atoms with E-state index in [9.17, 15) is 9.59 Å². The van der Waals surface area contributed by atoms with Crippen LogP contribution in [-0.2, 0) is 13.0 Å². The van der Waals surface area contributed by atoms with Crippen LogP contribution in [0, 0.1) is 0 Å². The second-order valence-corrected chi connectivity index (χ2v) is 7.47. The smallest absolute Gasteiger partial charge is 0.251 e. The van der Waals surface area contributed by atoms with Gasteiger partial charge in [0.05, 0.1) is 31.8 Å². The van der Waals surface area contributed by atoms with E-state index in [2.05, 4.69) is 5.32 Å². The Hall–Kier alpha value is -4.13. The molecule has 33 heavy (non-hydrogen) atoms. The van der Waals surface area contributed by atoms with E-state index in [0.717, 1.165) is 16.9 Å². The van der Waals surface area contributed by atoms with Crippen LogP contribution in [0.15, 0.2) is 72.8 Å². The first-order chi connectivity index (χ1) is 16.1. The van der Waals surface area contributed by atoms with Crippen LogP contribution in [0.5, 0.6) is 11.5 Å². The van der Waals surface area contributed by atoms with E-state index in [4.69, 9.17) is 14.5 Å². The fraction of sp³-hybridized carbons (Fsp3) is 0.192. The highest BCUT2D eigenvalue weighted by Gasteiger charge is 2.16. The molecule has 0 saturated heterocycles. The molecular weight excluding hydrogens is 418 g/mol. The van der Waals surface area contributed by atoms with Crippen LogP contribution in [0.4, 0.5) is 0 Å². The summed E-state index contributed by atoms with van der Waals surface area (Å²) in [5.74, 6) is 1.58. The number of ketones is 1. The Morgan fingerprint density at radius 1 is 0.879 bits per heavy atom. The van der Waals surface area contributed by atoms with Gasteiger partial charge in [-0.15, -0.1) is 0 Å². The minimum atomic E-state index is -0.223. The molecule has 1 N–H and O–H groups in total. The van der Waals surface area contributed by atoms with Gasteiger partial charge in [0.1, 0.15) is 5.82 Å². The maximum atomic E-state index is 12.8. The Balaban J connectivity index is 1.49. The number of benzene rings is 3. The van der Waals surface area contributed by atoms with Gasteiger partial charge in [0.15, 0.2) is 17.3 Å². The van der Waals surface area contributed by atoms with Crippen LogP contribution in [0.3, 0.4) is 0 Å². The fourth-order valence-corrected chi connectivity index (χ4v) is 3.72. The van der Waals surface area contributed by atoms with Gasteiger partial charge in [-0.25, -0.2) is 4.98 Å². The summed E-state index contributed by atoms with van der Waals surface area (Å²) in [5.41, 5.74) is 2.84. The van der Waals surface area contributed by atoms with Gasteiger partial charge < -0.3 is 19.4 Å². The number of methoxy groups -OCH3 is 2. The number of carbonyl (C=O) groups excluding carboxylic acids is 2. The summed E-state index contributed by atoms with van der Waals surface area (Å²) in [6, 6.07) is 21.9. The molecule has 0 saturated carbocycles. The largest absolute Gasteiger partial charge is 0.493 e. The molecule has 7 heteroatoms. The van der Waals surface area contributed by atoms with Crippen molar-refractivity contribution in [2.75, 3.05) is 20.8 Å². The minimum absolute atomic E-state index is 0.00867. The molecule has 168 valence electrons. The lowest BCUT2D eigenvalue weighted by Crippen LogP contribution is -2.27. The standard InChI is InChI=1S/C26H25N3O4/c1-32-23-13-12-19(16-24(23)33-2)26(31)27-15-14-25-28-20-10-6-7-11-21(20)29(25)17-22(30)18-8-4-3-5-9-18/h3-13,16H,14-15,17H2,1-2H3,(H,27,31). The summed E-state index contributed by atoms with van der Waals surface area (Å²) < 4.78 is 12.4. The lowest BCUT2D eigenvalue weighted by Gasteiger charge is -2.11. The predicted molar refractivity (Wildman–Crippen MR) is 126 cm³/mol. The number of para-hydroxylation sites is 2. The molecule has 0 spiro atoms. The van der Waals surface area contributed by atoms with E-state index in [1.54, 1.807) is 25.3 Å². The molecule has 0 fully saturated rings. The summed E-state index contributed by atoms with van der Waals surface area (Å²) in [4.78, 5) is 30.2. The number of rotatable bonds is 9. The molecule has 1 amide bonds. The lowest BCUT2D eigenvalue weighted by molar-refractivity contribution is 0.0948. The second kappa shape index (κ2) is 9.99. The van der Waals surface area contributed by atoms with Crippen molar-refractivity contribution in [3.05, 3.63) is 89.7 Å². The summed E-state index contributed by atoms with van der Waals surface area (Å²) in [6.45, 7) is 0.555. The zero-order valence-electron chi connectivity index (χ0n) is 18.6. The number of imidazole rings is 1. The van der Waals surface area contributed by atoms with Gasteiger partial charge in [0.25, 0.3) is 5.91 Å². The SMILES string of the molecule is COc1ccc(C(=O)NCCc2nc3ccccc3n2CC(=O)c2ccccc2)cc1OC. The first kappa shape index (κ1) is 22.1. The van der Waals surface area contributed by atoms with Crippen LogP contribution >= 0.6 is 0 Å². The second-order valence-electron chi connectivity index (χ2n) is 7.47. The first-order valence-electron chi connectivity index (χ1n) is 10.6. The average Bonchev–Trinajstić information content (AvgIpc) is 3.21. The summed E-state index contributed by atoms with van der Waals surface area (Å²) >= 11 is 0. The molecule has 0 aliphatic heterocycles. The van der Waals surface area contributed by atoms with Gasteiger partial charge >= 0.3 is 0 Å². The fourth-order valence-electron chi connectivity index (χ4n) is 3.72. The van der Waals surface area contributed by atoms with Crippen molar-refractivity contribution in [2.45, 2.75) is 13.0 Å². The monoisotopic (exact) mass is 443 g/mol. The number of fused-ring (bicyclic) bond motifs is 1. The molecule has 0 atom stereocenters. The third kappa shape index (κ3) is 4.87.